The topological polar surface area (TPSA) is 98.0 Å². The van der Waals surface area contributed by atoms with Crippen LogP contribution in [0.25, 0.3) is 0 Å². The van der Waals surface area contributed by atoms with Gasteiger partial charge in [-0.05, 0) is 107 Å². The van der Waals surface area contributed by atoms with E-state index >= 15 is 0 Å². The fourth-order valence-electron chi connectivity index (χ4n) is 8.63. The molecule has 0 heterocycles. The molecule has 0 radical (unpaired) electrons. The van der Waals surface area contributed by atoms with Crippen molar-refractivity contribution in [1.29, 1.82) is 0 Å². The summed E-state index contributed by atoms with van der Waals surface area (Å²) in [5.41, 5.74) is 2.53. The smallest absolute Gasteiger partial charge is 0.146 e. The molecule has 0 aliphatic heterocycles. The van der Waals surface area contributed by atoms with Crippen LogP contribution in [-0.4, -0.2) is 51.6 Å². The van der Waals surface area contributed by atoms with E-state index < -0.39 is 17.1 Å². The normalized spacial score (nSPS) is 37.9. The molecule has 7 atom stereocenters. The predicted octanol–water partition coefficient (Wildman–Crippen LogP) is 5.53. The summed E-state index contributed by atoms with van der Waals surface area (Å²) >= 11 is 0. The quantitative estimate of drug-likeness (QED) is 0.167. The number of hydrogen-bond donors (Lipinski definition) is 4. The van der Waals surface area contributed by atoms with E-state index in [1.54, 1.807) is 0 Å². The monoisotopic (exact) mass is 536 g/mol. The molecule has 4 N–H and O–H groups in total. The lowest BCUT2D eigenvalue weighted by atomic mass is 9.41. The summed E-state index contributed by atoms with van der Waals surface area (Å²) in [6.07, 6.45) is 18.9. The average Bonchev–Trinajstić information content (AvgIpc) is 3.23. The highest BCUT2D eigenvalue weighted by Crippen LogP contribution is 2.71. The van der Waals surface area contributed by atoms with E-state index in [0.717, 1.165) is 60.7 Å². The number of allylic oxidation sites excluding steroid dienone is 10. The first kappa shape index (κ1) is 29.9. The Balaban J connectivity index is 1.70. The van der Waals surface area contributed by atoms with E-state index in [1.165, 1.54) is 5.57 Å². The van der Waals surface area contributed by atoms with E-state index in [9.17, 15) is 25.2 Å². The summed E-state index contributed by atoms with van der Waals surface area (Å²) < 4.78 is 0. The van der Waals surface area contributed by atoms with Crippen LogP contribution in [0.5, 0.6) is 0 Å². The Morgan fingerprint density at radius 2 is 2.00 bits per heavy atom. The van der Waals surface area contributed by atoms with Crippen LogP contribution < -0.4 is 0 Å². The van der Waals surface area contributed by atoms with E-state index in [4.69, 9.17) is 0 Å². The molecule has 0 aromatic heterocycles. The number of aldehydes is 1. The predicted molar refractivity (Wildman–Crippen MR) is 156 cm³/mol. The molecule has 2 bridgehead atoms. The number of rotatable bonds is 10. The van der Waals surface area contributed by atoms with Gasteiger partial charge < -0.3 is 20.4 Å². The number of hydrogen-bond acceptors (Lipinski definition) is 5. The zero-order valence-electron chi connectivity index (χ0n) is 24.0. The summed E-state index contributed by atoms with van der Waals surface area (Å²) in [6, 6.07) is 0. The first-order valence-corrected chi connectivity index (χ1v) is 14.8. The molecule has 0 unspecified atom stereocenters. The Morgan fingerprint density at radius 1 is 1.23 bits per heavy atom. The first-order chi connectivity index (χ1) is 18.6. The molecule has 0 saturated heterocycles. The molecule has 39 heavy (non-hydrogen) atoms. The van der Waals surface area contributed by atoms with Gasteiger partial charge in [0.1, 0.15) is 6.29 Å². The lowest BCUT2D eigenvalue weighted by Gasteiger charge is -2.65. The molecular formula is C34H48O5. The van der Waals surface area contributed by atoms with Crippen LogP contribution in [0, 0.1) is 28.6 Å². The standard InChI is InChI=1S/C34H48O5/c1-23(2)8-5-9-24(3)10-6-11-26(20-36)28-14-18-34(31(28)38)30-25(15-19-35)13-17-33(22-32(34,4)39)16-7-12-27(21-37)29(30)33/h6,8,10-11,13,17,21,25,28,30-31,35-36,38-39H,3,5,7,9,12,14-16,18-20,22H2,1-2,4H3/b10-6-,26-11-/t25-,28+,30-,31-,32-,33-,34-/m1/s1. The van der Waals surface area contributed by atoms with Gasteiger partial charge in [0.2, 0.25) is 0 Å². The summed E-state index contributed by atoms with van der Waals surface area (Å²) in [7, 11) is 0. The maximum Gasteiger partial charge on any atom is 0.146 e. The summed E-state index contributed by atoms with van der Waals surface area (Å²) in [6.45, 7) is 10.00. The summed E-state index contributed by atoms with van der Waals surface area (Å²) in [5.74, 6) is -0.608. The van der Waals surface area contributed by atoms with Gasteiger partial charge in [0.15, 0.2) is 0 Å². The SMILES string of the molecule is C=C(/C=C\C=C(\CO)[C@@H]1CC[C@]2([C@@H]1O)[C@H]1C3=C(C=O)CCC[C@@]3(C=C[C@@H]1CCO)C[C@@]2(C)O)CCC=C(C)C. The number of carbonyl (C=O) groups is 1. The number of carbonyl (C=O) groups excluding carboxylic acids is 1. The third-order valence-corrected chi connectivity index (χ3v) is 10.3. The zero-order chi connectivity index (χ0) is 28.4. The molecule has 0 amide bonds. The van der Waals surface area contributed by atoms with Crippen LogP contribution >= 0.6 is 0 Å². The van der Waals surface area contributed by atoms with Crippen molar-refractivity contribution in [3.8, 4) is 0 Å². The highest BCUT2D eigenvalue weighted by atomic mass is 16.3. The van der Waals surface area contributed by atoms with Crippen molar-refractivity contribution < 1.29 is 25.2 Å². The van der Waals surface area contributed by atoms with Crippen molar-refractivity contribution >= 4 is 6.29 Å². The lowest BCUT2D eigenvalue weighted by molar-refractivity contribution is -0.195. The van der Waals surface area contributed by atoms with Crippen LogP contribution in [-0.2, 0) is 4.79 Å². The second-order valence-electron chi connectivity index (χ2n) is 12.9. The highest BCUT2D eigenvalue weighted by Gasteiger charge is 2.70. The van der Waals surface area contributed by atoms with Crippen LogP contribution in [0.4, 0.5) is 0 Å². The molecule has 5 nitrogen and oxygen atoms in total. The number of fused-ring (bicyclic) bond motifs is 1. The minimum absolute atomic E-state index is 0.00401. The maximum atomic E-state index is 12.3. The van der Waals surface area contributed by atoms with Crippen molar-refractivity contribution in [1.82, 2.24) is 0 Å². The van der Waals surface area contributed by atoms with Crippen molar-refractivity contribution in [3.05, 3.63) is 70.9 Å². The largest absolute Gasteiger partial charge is 0.396 e. The van der Waals surface area contributed by atoms with E-state index in [2.05, 4.69) is 38.7 Å². The zero-order valence-corrected chi connectivity index (χ0v) is 24.0. The Morgan fingerprint density at radius 3 is 2.67 bits per heavy atom. The van der Waals surface area contributed by atoms with Crippen LogP contribution in [0.1, 0.15) is 78.6 Å². The minimum atomic E-state index is -1.17. The third-order valence-electron chi connectivity index (χ3n) is 10.3. The van der Waals surface area contributed by atoms with Crippen molar-refractivity contribution in [2.75, 3.05) is 13.2 Å². The molecule has 214 valence electrons. The maximum absolute atomic E-state index is 12.3. The van der Waals surface area contributed by atoms with E-state index in [1.807, 2.05) is 25.2 Å². The second kappa shape index (κ2) is 11.8. The molecule has 2 fully saturated rings. The Bertz CT molecular complexity index is 1100. The van der Waals surface area contributed by atoms with Gasteiger partial charge in [0.05, 0.1) is 18.3 Å². The molecule has 4 rings (SSSR count). The van der Waals surface area contributed by atoms with Gasteiger partial charge in [-0.2, -0.15) is 0 Å². The van der Waals surface area contributed by atoms with Crippen molar-refractivity contribution in [2.45, 2.75) is 90.3 Å². The molecule has 2 saturated carbocycles. The molecule has 4 aliphatic rings. The summed E-state index contributed by atoms with van der Waals surface area (Å²) in [5, 5.41) is 44.7. The highest BCUT2D eigenvalue weighted by molar-refractivity contribution is 5.76. The second-order valence-corrected chi connectivity index (χ2v) is 12.9. The van der Waals surface area contributed by atoms with Gasteiger partial charge in [-0.3, -0.25) is 4.79 Å². The molecule has 0 aromatic rings. The van der Waals surface area contributed by atoms with Gasteiger partial charge in [0.25, 0.3) is 0 Å². The average molecular weight is 537 g/mol. The summed E-state index contributed by atoms with van der Waals surface area (Å²) in [4.78, 5) is 12.3. The number of aliphatic hydroxyl groups is 4. The van der Waals surface area contributed by atoms with Gasteiger partial charge in [0, 0.05) is 23.4 Å². The molecule has 0 aromatic carbocycles. The number of aliphatic hydroxyl groups excluding tert-OH is 3. The first-order valence-electron chi connectivity index (χ1n) is 14.8. The van der Waals surface area contributed by atoms with Gasteiger partial charge in [-0.1, -0.05) is 54.2 Å². The van der Waals surface area contributed by atoms with Crippen LogP contribution in [0.15, 0.2) is 70.9 Å². The molecule has 5 heteroatoms. The Labute approximate surface area is 234 Å². The third kappa shape index (κ3) is 5.24. The fourth-order valence-corrected chi connectivity index (χ4v) is 8.63. The molecule has 1 spiro atoms. The van der Waals surface area contributed by atoms with E-state index in [0.29, 0.717) is 25.7 Å². The van der Waals surface area contributed by atoms with Gasteiger partial charge in [-0.25, -0.2) is 0 Å². The van der Waals surface area contributed by atoms with Crippen LogP contribution in [0.2, 0.25) is 0 Å². The lowest BCUT2D eigenvalue weighted by Crippen LogP contribution is -2.66. The van der Waals surface area contributed by atoms with Crippen molar-refractivity contribution in [2.24, 2.45) is 28.6 Å². The molecular weight excluding hydrogens is 488 g/mol. The Kier molecular flexibility index (Phi) is 9.07. The van der Waals surface area contributed by atoms with Crippen molar-refractivity contribution in [3.63, 3.8) is 0 Å². The fraction of sp³-hybridized carbons (Fsp3) is 0.618. The Hall–Kier alpha value is -2.05. The molecule has 4 aliphatic carbocycles. The van der Waals surface area contributed by atoms with Gasteiger partial charge in [-0.15, -0.1) is 0 Å². The van der Waals surface area contributed by atoms with E-state index in [-0.39, 0.29) is 36.4 Å². The minimum Gasteiger partial charge on any atom is -0.396 e. The van der Waals surface area contributed by atoms with Gasteiger partial charge >= 0.3 is 0 Å². The van der Waals surface area contributed by atoms with Crippen LogP contribution in [0.3, 0.4) is 0 Å².